The summed E-state index contributed by atoms with van der Waals surface area (Å²) >= 11 is 0. The van der Waals surface area contributed by atoms with Crippen molar-refractivity contribution in [3.8, 4) is 0 Å². The Morgan fingerprint density at radius 2 is 1.95 bits per heavy atom. The topological polar surface area (TPSA) is 21.3 Å². The largest absolute Gasteiger partial charge is 0.381 e. The number of hydrogen-bond acceptors (Lipinski definition) is 2. The molecule has 112 valence electrons. The van der Waals surface area contributed by atoms with E-state index in [2.05, 4.69) is 12.2 Å². The second-order valence-corrected chi connectivity index (χ2v) is 5.50. The van der Waals surface area contributed by atoms with Crippen molar-refractivity contribution in [2.45, 2.75) is 39.2 Å². The Labute approximate surface area is 119 Å². The highest BCUT2D eigenvalue weighted by molar-refractivity contribution is 5.29. The van der Waals surface area contributed by atoms with E-state index in [1.165, 1.54) is 0 Å². The van der Waals surface area contributed by atoms with Crippen LogP contribution >= 0.6 is 0 Å². The van der Waals surface area contributed by atoms with E-state index in [1.807, 2.05) is 0 Å². The van der Waals surface area contributed by atoms with Crippen molar-refractivity contribution in [2.75, 3.05) is 19.8 Å². The van der Waals surface area contributed by atoms with Gasteiger partial charge in [-0.2, -0.15) is 0 Å². The second-order valence-electron chi connectivity index (χ2n) is 5.50. The first-order valence-corrected chi connectivity index (χ1v) is 7.40. The highest BCUT2D eigenvalue weighted by Crippen LogP contribution is 2.32. The molecule has 1 unspecified atom stereocenters. The number of ether oxygens (including phenoxy) is 1. The van der Waals surface area contributed by atoms with Gasteiger partial charge in [-0.3, -0.25) is 0 Å². The Kier molecular flexibility index (Phi) is 5.49. The number of aryl methyl sites for hydroxylation is 1. The zero-order valence-electron chi connectivity index (χ0n) is 12.2. The summed E-state index contributed by atoms with van der Waals surface area (Å²) in [4.78, 5) is 0. The van der Waals surface area contributed by atoms with Gasteiger partial charge < -0.3 is 10.1 Å². The van der Waals surface area contributed by atoms with E-state index < -0.39 is 11.6 Å². The fraction of sp³-hybridized carbons (Fsp3) is 0.625. The van der Waals surface area contributed by atoms with Crippen LogP contribution in [0, 0.1) is 24.5 Å². The number of rotatable bonds is 5. The van der Waals surface area contributed by atoms with E-state index in [9.17, 15) is 8.78 Å². The summed E-state index contributed by atoms with van der Waals surface area (Å²) in [5, 5.41) is 3.42. The molecule has 1 fully saturated rings. The van der Waals surface area contributed by atoms with Crippen LogP contribution in [0.2, 0.25) is 0 Å². The van der Waals surface area contributed by atoms with Crippen molar-refractivity contribution >= 4 is 0 Å². The van der Waals surface area contributed by atoms with Crippen molar-refractivity contribution in [3.05, 3.63) is 34.9 Å². The van der Waals surface area contributed by atoms with Gasteiger partial charge in [-0.25, -0.2) is 8.78 Å². The number of hydrogen-bond donors (Lipinski definition) is 1. The van der Waals surface area contributed by atoms with Crippen molar-refractivity contribution in [2.24, 2.45) is 5.92 Å². The minimum absolute atomic E-state index is 0.0573. The van der Waals surface area contributed by atoms with Crippen LogP contribution in [0.15, 0.2) is 12.1 Å². The van der Waals surface area contributed by atoms with Crippen molar-refractivity contribution in [3.63, 3.8) is 0 Å². The van der Waals surface area contributed by atoms with E-state index >= 15 is 0 Å². The summed E-state index contributed by atoms with van der Waals surface area (Å²) in [7, 11) is 0. The Morgan fingerprint density at radius 3 is 2.60 bits per heavy atom. The van der Waals surface area contributed by atoms with Gasteiger partial charge in [0, 0.05) is 30.9 Å². The van der Waals surface area contributed by atoms with Crippen molar-refractivity contribution in [1.29, 1.82) is 0 Å². The zero-order chi connectivity index (χ0) is 14.5. The first kappa shape index (κ1) is 15.4. The van der Waals surface area contributed by atoms with E-state index in [0.717, 1.165) is 45.1 Å². The van der Waals surface area contributed by atoms with Gasteiger partial charge in [-0.05, 0) is 50.3 Å². The predicted octanol–water partition coefficient (Wildman–Crippen LogP) is 3.74. The maximum atomic E-state index is 14.2. The summed E-state index contributed by atoms with van der Waals surface area (Å²) in [6.07, 6.45) is 2.82. The SMILES string of the molecule is CCCNC(c1cc(C)c(F)cc1F)C1CCOCC1. The third-order valence-corrected chi connectivity index (χ3v) is 3.96. The standard InChI is InChI=1S/C16H23F2NO/c1-3-6-19-16(12-4-7-20-8-5-12)13-9-11(2)14(17)10-15(13)18/h9-10,12,16,19H,3-8H2,1-2H3. The Morgan fingerprint density at radius 1 is 1.25 bits per heavy atom. The third-order valence-electron chi connectivity index (χ3n) is 3.96. The van der Waals surface area contributed by atoms with Gasteiger partial charge in [0.05, 0.1) is 0 Å². The van der Waals surface area contributed by atoms with Crippen LogP contribution < -0.4 is 5.32 Å². The van der Waals surface area contributed by atoms with Crippen LogP contribution in [0.25, 0.3) is 0 Å². The van der Waals surface area contributed by atoms with E-state index in [0.29, 0.717) is 17.0 Å². The first-order chi connectivity index (χ1) is 9.63. The molecule has 1 atom stereocenters. The van der Waals surface area contributed by atoms with Crippen molar-refractivity contribution in [1.82, 2.24) is 5.32 Å². The summed E-state index contributed by atoms with van der Waals surface area (Å²) in [5.74, 6) is -0.588. The van der Waals surface area contributed by atoms with Gasteiger partial charge in [0.2, 0.25) is 0 Å². The zero-order valence-corrected chi connectivity index (χ0v) is 12.2. The molecule has 0 spiro atoms. The summed E-state index contributed by atoms with van der Waals surface area (Å²) in [5.41, 5.74) is 1.08. The molecule has 1 aliphatic heterocycles. The molecule has 1 aliphatic rings. The average Bonchev–Trinajstić information content (AvgIpc) is 2.45. The molecule has 20 heavy (non-hydrogen) atoms. The second kappa shape index (κ2) is 7.14. The molecule has 1 aromatic carbocycles. The van der Waals surface area contributed by atoms with Crippen LogP contribution in [-0.2, 0) is 4.74 Å². The van der Waals surface area contributed by atoms with Gasteiger partial charge in [0.25, 0.3) is 0 Å². The monoisotopic (exact) mass is 283 g/mol. The predicted molar refractivity (Wildman–Crippen MR) is 75.7 cm³/mol. The number of halogens is 2. The van der Waals surface area contributed by atoms with Crippen LogP contribution in [0.3, 0.4) is 0 Å². The molecule has 1 N–H and O–H groups in total. The smallest absolute Gasteiger partial charge is 0.130 e. The Balaban J connectivity index is 2.27. The maximum absolute atomic E-state index is 14.2. The van der Waals surface area contributed by atoms with Gasteiger partial charge in [-0.1, -0.05) is 6.92 Å². The molecule has 1 heterocycles. The van der Waals surface area contributed by atoms with Crippen molar-refractivity contribution < 1.29 is 13.5 Å². The lowest BCUT2D eigenvalue weighted by Crippen LogP contribution is -2.33. The average molecular weight is 283 g/mol. The van der Waals surface area contributed by atoms with Gasteiger partial charge >= 0.3 is 0 Å². The van der Waals surface area contributed by atoms with Gasteiger partial charge in [0.1, 0.15) is 11.6 Å². The van der Waals surface area contributed by atoms with Gasteiger partial charge in [-0.15, -0.1) is 0 Å². The molecule has 2 rings (SSSR count). The lowest BCUT2D eigenvalue weighted by molar-refractivity contribution is 0.0531. The molecule has 0 aliphatic carbocycles. The van der Waals surface area contributed by atoms with Crippen LogP contribution in [0.4, 0.5) is 8.78 Å². The lowest BCUT2D eigenvalue weighted by Gasteiger charge is -2.32. The molecule has 2 nitrogen and oxygen atoms in total. The molecule has 1 aromatic rings. The minimum atomic E-state index is -0.479. The fourth-order valence-corrected chi connectivity index (χ4v) is 2.80. The molecular formula is C16H23F2NO. The van der Waals surface area contributed by atoms with Crippen LogP contribution in [0.1, 0.15) is 43.4 Å². The highest BCUT2D eigenvalue weighted by atomic mass is 19.1. The molecular weight excluding hydrogens is 260 g/mol. The summed E-state index contributed by atoms with van der Waals surface area (Å²) in [6, 6.07) is 2.59. The molecule has 0 radical (unpaired) electrons. The normalized spacial score (nSPS) is 18.2. The quantitative estimate of drug-likeness (QED) is 0.889. The molecule has 0 saturated carbocycles. The maximum Gasteiger partial charge on any atom is 0.130 e. The lowest BCUT2D eigenvalue weighted by atomic mass is 9.86. The molecule has 4 heteroatoms. The number of benzene rings is 1. The summed E-state index contributed by atoms with van der Waals surface area (Å²) < 4.78 is 33.0. The molecule has 0 bridgehead atoms. The first-order valence-electron chi connectivity index (χ1n) is 7.40. The van der Waals surface area contributed by atoms with Crippen LogP contribution in [-0.4, -0.2) is 19.8 Å². The fourth-order valence-electron chi connectivity index (χ4n) is 2.80. The van der Waals surface area contributed by atoms with Crippen LogP contribution in [0.5, 0.6) is 0 Å². The molecule has 0 amide bonds. The Bertz CT molecular complexity index is 444. The van der Waals surface area contributed by atoms with Gasteiger partial charge in [0.15, 0.2) is 0 Å². The summed E-state index contributed by atoms with van der Waals surface area (Å²) in [6.45, 7) is 6.03. The van der Waals surface area contributed by atoms with E-state index in [4.69, 9.17) is 4.74 Å². The number of nitrogens with one attached hydrogen (secondary N) is 1. The molecule has 0 aromatic heterocycles. The third kappa shape index (κ3) is 3.55. The minimum Gasteiger partial charge on any atom is -0.381 e. The Hall–Kier alpha value is -1.00. The van der Waals surface area contributed by atoms with E-state index in [1.54, 1.807) is 13.0 Å². The van der Waals surface area contributed by atoms with E-state index in [-0.39, 0.29) is 6.04 Å². The molecule has 1 saturated heterocycles. The highest BCUT2D eigenvalue weighted by Gasteiger charge is 2.27.